The van der Waals surface area contributed by atoms with Crippen LogP contribution >= 0.6 is 0 Å². The quantitative estimate of drug-likeness (QED) is 0.183. The molecule has 0 fully saturated rings. The molecule has 2 N–H and O–H groups in total. The van der Waals surface area contributed by atoms with Crippen LogP contribution in [0.4, 0.5) is 0 Å². The Labute approximate surface area is 210 Å². The first-order chi connectivity index (χ1) is 16.4. The predicted octanol–water partition coefficient (Wildman–Crippen LogP) is 5.86. The van der Waals surface area contributed by atoms with Crippen molar-refractivity contribution in [2.75, 3.05) is 7.11 Å². The van der Waals surface area contributed by atoms with Crippen molar-refractivity contribution in [2.24, 2.45) is 5.92 Å². The first-order valence-corrected chi connectivity index (χ1v) is 12.1. The summed E-state index contributed by atoms with van der Waals surface area (Å²) in [5.74, 6) is -0.170. The molecule has 3 atom stereocenters. The van der Waals surface area contributed by atoms with Crippen LogP contribution in [0.15, 0.2) is 54.2 Å². The summed E-state index contributed by atoms with van der Waals surface area (Å²) in [4.78, 5) is 23.7. The molecule has 194 valence electrons. The van der Waals surface area contributed by atoms with Crippen molar-refractivity contribution in [2.45, 2.75) is 84.8 Å². The highest BCUT2D eigenvalue weighted by atomic mass is 16.5. The highest BCUT2D eigenvalue weighted by Gasteiger charge is 2.24. The number of ether oxygens (including phenoxy) is 2. The van der Waals surface area contributed by atoms with Crippen molar-refractivity contribution in [3.05, 3.63) is 59.7 Å². The zero-order chi connectivity index (χ0) is 26.6. The average molecular weight is 487 g/mol. The van der Waals surface area contributed by atoms with E-state index in [2.05, 4.69) is 19.6 Å². The van der Waals surface area contributed by atoms with Crippen molar-refractivity contribution in [1.29, 1.82) is 0 Å². The van der Waals surface area contributed by atoms with Gasteiger partial charge in [-0.1, -0.05) is 30.7 Å². The molecule has 0 saturated carbocycles. The maximum Gasteiger partial charge on any atom is 0.310 e. The summed E-state index contributed by atoms with van der Waals surface area (Å²) in [7, 11) is 1.32. The normalized spacial score (nSPS) is 14.9. The number of carbonyl (C=O) groups is 2. The van der Waals surface area contributed by atoms with Gasteiger partial charge in [0.05, 0.1) is 13.5 Å². The zero-order valence-corrected chi connectivity index (χ0v) is 22.1. The van der Waals surface area contributed by atoms with E-state index < -0.39 is 17.7 Å². The van der Waals surface area contributed by atoms with Gasteiger partial charge in [-0.2, -0.15) is 0 Å². The number of aromatic hydroxyl groups is 1. The second kappa shape index (κ2) is 14.5. The lowest BCUT2D eigenvalue weighted by molar-refractivity contribution is -0.139. The Morgan fingerprint density at radius 2 is 1.91 bits per heavy atom. The molecule has 0 spiro atoms. The van der Waals surface area contributed by atoms with Gasteiger partial charge in [0.1, 0.15) is 23.2 Å². The number of carbonyl (C=O) groups excluding carboxylic acids is 2. The van der Waals surface area contributed by atoms with Crippen molar-refractivity contribution >= 4 is 11.8 Å². The van der Waals surface area contributed by atoms with Gasteiger partial charge in [-0.25, -0.2) is 0 Å². The molecule has 6 heteroatoms. The van der Waals surface area contributed by atoms with E-state index in [4.69, 9.17) is 9.47 Å². The fourth-order valence-electron chi connectivity index (χ4n) is 3.70. The van der Waals surface area contributed by atoms with Gasteiger partial charge < -0.3 is 19.7 Å². The molecule has 0 aliphatic heterocycles. The number of hydrogen-bond donors (Lipinski definition) is 2. The first-order valence-electron chi connectivity index (χ1n) is 12.1. The lowest BCUT2D eigenvalue weighted by atomic mass is 9.93. The molecule has 1 aromatic carbocycles. The van der Waals surface area contributed by atoms with Crippen molar-refractivity contribution in [3.8, 4) is 11.5 Å². The fourth-order valence-corrected chi connectivity index (χ4v) is 3.70. The molecule has 1 rings (SSSR count). The number of ketones is 1. The van der Waals surface area contributed by atoms with Gasteiger partial charge in [0.25, 0.3) is 0 Å². The summed E-state index contributed by atoms with van der Waals surface area (Å²) >= 11 is 0. The van der Waals surface area contributed by atoms with Crippen LogP contribution in [0.5, 0.6) is 11.5 Å². The molecule has 0 bridgehead atoms. The van der Waals surface area contributed by atoms with Crippen molar-refractivity contribution in [1.82, 2.24) is 0 Å². The topological polar surface area (TPSA) is 93.1 Å². The minimum Gasteiger partial charge on any atom is -0.508 e. The highest BCUT2D eigenvalue weighted by molar-refractivity contribution is 5.94. The Kier molecular flexibility index (Phi) is 12.5. The SMILES string of the molecule is C=C[C@@](C)(CCC=C(C)CCC[C@H](C)[C@@H](O)C(=O)C=C(C)C)Oc1ccc(O)cc1CC(=O)OC. The van der Waals surface area contributed by atoms with E-state index in [0.29, 0.717) is 17.7 Å². The van der Waals surface area contributed by atoms with E-state index in [9.17, 15) is 19.8 Å². The average Bonchev–Trinajstić information content (AvgIpc) is 2.79. The van der Waals surface area contributed by atoms with Crippen LogP contribution in [0.1, 0.15) is 72.3 Å². The molecule has 0 aliphatic carbocycles. The van der Waals surface area contributed by atoms with Gasteiger partial charge in [-0.05, 0) is 96.1 Å². The molecular formula is C29H42O6. The number of benzene rings is 1. The van der Waals surface area contributed by atoms with Crippen molar-refractivity contribution < 1.29 is 29.3 Å². The number of allylic oxidation sites excluding steroid dienone is 3. The van der Waals surface area contributed by atoms with Gasteiger partial charge in [-0.3, -0.25) is 9.59 Å². The van der Waals surface area contributed by atoms with Gasteiger partial charge in [0.2, 0.25) is 0 Å². The highest BCUT2D eigenvalue weighted by Crippen LogP contribution is 2.30. The largest absolute Gasteiger partial charge is 0.508 e. The number of aliphatic hydroxyl groups excluding tert-OH is 1. The number of methoxy groups -OCH3 is 1. The molecule has 0 radical (unpaired) electrons. The Bertz CT molecular complexity index is 925. The summed E-state index contributed by atoms with van der Waals surface area (Å²) in [6.07, 6.45) is 8.47. The van der Waals surface area contributed by atoms with Gasteiger partial charge >= 0.3 is 5.97 Å². The Morgan fingerprint density at radius 1 is 1.23 bits per heavy atom. The van der Waals surface area contributed by atoms with Crippen LogP contribution in [-0.4, -0.2) is 40.8 Å². The second-order valence-electron chi connectivity index (χ2n) is 9.69. The standard InChI is InChI=1S/C29H42O6/c1-8-29(6,35-26-15-14-24(30)18-23(26)19-27(32)34-7)16-10-12-21(4)11-9-13-22(5)28(33)25(31)17-20(2)3/h8,12,14-15,17-18,22,28,30,33H,1,9-11,13,16,19H2,2-7H3/t22-,28+,29-/m0/s1. The number of phenols is 1. The zero-order valence-electron chi connectivity index (χ0n) is 22.1. The molecule has 0 amide bonds. The molecule has 0 aliphatic rings. The summed E-state index contributed by atoms with van der Waals surface area (Å²) in [5.41, 5.74) is 2.02. The summed E-state index contributed by atoms with van der Waals surface area (Å²) in [5, 5.41) is 20.0. The minimum absolute atomic E-state index is 0.000473. The minimum atomic E-state index is -0.955. The monoisotopic (exact) mass is 486 g/mol. The van der Waals surface area contributed by atoms with E-state index in [0.717, 1.165) is 31.3 Å². The van der Waals surface area contributed by atoms with Crippen molar-refractivity contribution in [3.63, 3.8) is 0 Å². The van der Waals surface area contributed by atoms with E-state index in [-0.39, 0.29) is 23.9 Å². The van der Waals surface area contributed by atoms with Crippen LogP contribution < -0.4 is 4.74 Å². The van der Waals surface area contributed by atoms with E-state index in [1.807, 2.05) is 27.7 Å². The molecule has 1 aromatic rings. The van der Waals surface area contributed by atoms with E-state index in [1.54, 1.807) is 12.1 Å². The van der Waals surface area contributed by atoms with Gasteiger partial charge in [-0.15, -0.1) is 0 Å². The molecule has 0 aromatic heterocycles. The van der Waals surface area contributed by atoms with Crippen LogP contribution in [0.25, 0.3) is 0 Å². The maximum atomic E-state index is 12.0. The summed E-state index contributed by atoms with van der Waals surface area (Å²) in [6, 6.07) is 4.67. The van der Waals surface area contributed by atoms with Gasteiger partial charge in [0, 0.05) is 5.56 Å². The second-order valence-corrected chi connectivity index (χ2v) is 9.69. The van der Waals surface area contributed by atoms with Crippen LogP contribution in [0, 0.1) is 5.92 Å². The number of esters is 1. The number of phenolic OH excluding ortho intramolecular Hbond substituents is 1. The molecule has 6 nitrogen and oxygen atoms in total. The molecule has 0 saturated heterocycles. The maximum absolute atomic E-state index is 12.0. The van der Waals surface area contributed by atoms with Crippen LogP contribution in [0.3, 0.4) is 0 Å². The molecule has 0 heterocycles. The van der Waals surface area contributed by atoms with Gasteiger partial charge in [0.15, 0.2) is 5.78 Å². The summed E-state index contributed by atoms with van der Waals surface area (Å²) < 4.78 is 11.0. The Morgan fingerprint density at radius 3 is 2.51 bits per heavy atom. The van der Waals surface area contributed by atoms with Crippen LogP contribution in [0.2, 0.25) is 0 Å². The molecular weight excluding hydrogens is 444 g/mol. The first kappa shape index (κ1) is 30.2. The number of hydrogen-bond acceptors (Lipinski definition) is 6. The summed E-state index contributed by atoms with van der Waals surface area (Å²) in [6.45, 7) is 13.5. The third-order valence-electron chi connectivity index (χ3n) is 6.01. The number of rotatable bonds is 15. The smallest absolute Gasteiger partial charge is 0.310 e. The number of aliphatic hydroxyl groups is 1. The Hall–Kier alpha value is -2.86. The molecule has 0 unspecified atom stereocenters. The Balaban J connectivity index is 2.65. The lowest BCUT2D eigenvalue weighted by Gasteiger charge is -2.28. The van der Waals surface area contributed by atoms with E-state index in [1.165, 1.54) is 30.9 Å². The molecule has 35 heavy (non-hydrogen) atoms. The van der Waals surface area contributed by atoms with E-state index >= 15 is 0 Å². The van der Waals surface area contributed by atoms with Crippen LogP contribution in [-0.2, 0) is 20.7 Å². The fraction of sp³-hybridized carbons (Fsp3) is 0.517. The third kappa shape index (κ3) is 11.0. The lowest BCUT2D eigenvalue weighted by Crippen LogP contribution is -2.30. The predicted molar refractivity (Wildman–Crippen MR) is 140 cm³/mol. The third-order valence-corrected chi connectivity index (χ3v) is 6.01.